The largest absolute Gasteiger partial charge is 0.318 e. The van der Waals surface area contributed by atoms with Gasteiger partial charge in [-0.25, -0.2) is 0 Å². The van der Waals surface area contributed by atoms with Gasteiger partial charge in [-0.15, -0.1) is 0 Å². The Kier molecular flexibility index (Phi) is 4.65. The maximum atomic E-state index is 11.9. The first kappa shape index (κ1) is 13.7. The van der Waals surface area contributed by atoms with Crippen LogP contribution < -0.4 is 5.32 Å². The summed E-state index contributed by atoms with van der Waals surface area (Å²) in [5, 5.41) is 2.95. The fourth-order valence-corrected chi connectivity index (χ4v) is 2.17. The summed E-state index contributed by atoms with van der Waals surface area (Å²) in [6.45, 7) is 2.34. The number of hydrogen-bond donors (Lipinski definition) is 1. The van der Waals surface area contributed by atoms with Gasteiger partial charge in [-0.1, -0.05) is 30.3 Å². The molecule has 1 saturated heterocycles. The van der Waals surface area contributed by atoms with Gasteiger partial charge in [0.25, 0.3) is 0 Å². The molecule has 0 spiro atoms. The second-order valence-electron chi connectivity index (χ2n) is 4.67. The molecule has 1 aromatic carbocycles. The summed E-state index contributed by atoms with van der Waals surface area (Å²) in [5.41, 5.74) is 1.12. The zero-order valence-electron chi connectivity index (χ0n) is 11.1. The second kappa shape index (κ2) is 6.45. The predicted molar refractivity (Wildman–Crippen MR) is 72.4 cm³/mol. The van der Waals surface area contributed by atoms with Crippen LogP contribution >= 0.6 is 0 Å². The third-order valence-corrected chi connectivity index (χ3v) is 3.15. The molecule has 0 aliphatic carbocycles. The predicted octanol–water partition coefficient (Wildman–Crippen LogP) is 0.0768. The van der Waals surface area contributed by atoms with Crippen LogP contribution in [-0.2, 0) is 16.1 Å². The maximum absolute atomic E-state index is 11.9. The Bertz CT molecular complexity index is 429. The van der Waals surface area contributed by atoms with Crippen molar-refractivity contribution < 1.29 is 9.59 Å². The summed E-state index contributed by atoms with van der Waals surface area (Å²) < 4.78 is 0. The van der Waals surface area contributed by atoms with E-state index in [1.807, 2.05) is 35.2 Å². The highest BCUT2D eigenvalue weighted by atomic mass is 16.2. The lowest BCUT2D eigenvalue weighted by molar-refractivity contribution is -0.151. The van der Waals surface area contributed by atoms with Crippen LogP contribution in [0.2, 0.25) is 0 Å². The van der Waals surface area contributed by atoms with Crippen molar-refractivity contribution in [2.75, 3.05) is 33.2 Å². The van der Waals surface area contributed by atoms with Gasteiger partial charge >= 0.3 is 0 Å². The van der Waals surface area contributed by atoms with Crippen LogP contribution in [0.4, 0.5) is 0 Å². The van der Waals surface area contributed by atoms with Gasteiger partial charge in [0.05, 0.1) is 13.1 Å². The zero-order valence-corrected chi connectivity index (χ0v) is 11.1. The summed E-state index contributed by atoms with van der Waals surface area (Å²) >= 11 is 0. The first-order chi connectivity index (χ1) is 9.20. The van der Waals surface area contributed by atoms with Gasteiger partial charge in [-0.2, -0.15) is 0 Å². The quantitative estimate of drug-likeness (QED) is 0.763. The third-order valence-electron chi connectivity index (χ3n) is 3.15. The number of rotatable bonds is 5. The van der Waals surface area contributed by atoms with Crippen molar-refractivity contribution in [3.8, 4) is 0 Å². The van der Waals surface area contributed by atoms with E-state index in [1.165, 1.54) is 4.90 Å². The Morgan fingerprint density at radius 3 is 2.32 bits per heavy atom. The van der Waals surface area contributed by atoms with Gasteiger partial charge in [-0.3, -0.25) is 19.4 Å². The smallest absolute Gasteiger partial charge is 0.243 e. The van der Waals surface area contributed by atoms with E-state index in [1.54, 1.807) is 7.05 Å². The van der Waals surface area contributed by atoms with Crippen LogP contribution in [-0.4, -0.2) is 54.8 Å². The highest BCUT2D eigenvalue weighted by molar-refractivity contribution is 5.99. The highest BCUT2D eigenvalue weighted by Crippen LogP contribution is 2.09. The van der Waals surface area contributed by atoms with E-state index in [2.05, 4.69) is 5.32 Å². The molecule has 5 nitrogen and oxygen atoms in total. The van der Waals surface area contributed by atoms with Crippen LogP contribution in [0.25, 0.3) is 0 Å². The summed E-state index contributed by atoms with van der Waals surface area (Å²) in [4.78, 5) is 27.1. The minimum Gasteiger partial charge on any atom is -0.318 e. The molecule has 0 aromatic heterocycles. The minimum absolute atomic E-state index is 0.109. The topological polar surface area (TPSA) is 52.7 Å². The normalized spacial score (nSPS) is 17.0. The molecule has 0 bridgehead atoms. The number of amides is 2. The molecule has 19 heavy (non-hydrogen) atoms. The second-order valence-corrected chi connectivity index (χ2v) is 4.67. The average molecular weight is 261 g/mol. The van der Waals surface area contributed by atoms with Gasteiger partial charge < -0.3 is 5.32 Å². The van der Waals surface area contributed by atoms with Crippen LogP contribution in [0.15, 0.2) is 30.3 Å². The van der Waals surface area contributed by atoms with Gasteiger partial charge in [0, 0.05) is 19.6 Å². The van der Waals surface area contributed by atoms with Crippen LogP contribution in [0.5, 0.6) is 0 Å². The van der Waals surface area contributed by atoms with E-state index >= 15 is 0 Å². The Labute approximate surface area is 113 Å². The third kappa shape index (κ3) is 3.62. The fourth-order valence-electron chi connectivity index (χ4n) is 2.17. The standard InChI is InChI=1S/C14H19N3O2/c1-15-7-8-17-13(18)10-16(11-14(17)19)9-12-5-3-2-4-6-12/h2-6,15H,7-11H2,1H3. The summed E-state index contributed by atoms with van der Waals surface area (Å²) in [6.07, 6.45) is 0. The number of nitrogens with zero attached hydrogens (tertiary/aromatic N) is 2. The SMILES string of the molecule is CNCCN1C(=O)CN(Cc2ccccc2)CC1=O. The Balaban J connectivity index is 1.94. The first-order valence-corrected chi connectivity index (χ1v) is 6.45. The molecule has 1 aliphatic heterocycles. The Hall–Kier alpha value is -1.72. The van der Waals surface area contributed by atoms with Crippen molar-refractivity contribution in [1.29, 1.82) is 0 Å². The molecule has 2 rings (SSSR count). The molecule has 1 N–H and O–H groups in total. The number of hydrogen-bond acceptors (Lipinski definition) is 4. The minimum atomic E-state index is -0.109. The number of nitrogens with one attached hydrogen (secondary N) is 1. The Morgan fingerprint density at radius 2 is 1.74 bits per heavy atom. The van der Waals surface area contributed by atoms with E-state index < -0.39 is 0 Å². The molecule has 1 aromatic rings. The van der Waals surface area contributed by atoms with E-state index in [-0.39, 0.29) is 11.8 Å². The maximum Gasteiger partial charge on any atom is 0.243 e. The molecule has 0 unspecified atom stereocenters. The lowest BCUT2D eigenvalue weighted by Crippen LogP contribution is -2.54. The lowest BCUT2D eigenvalue weighted by atomic mass is 10.2. The van der Waals surface area contributed by atoms with Crippen LogP contribution in [0.1, 0.15) is 5.56 Å². The van der Waals surface area contributed by atoms with E-state index in [0.717, 1.165) is 5.56 Å². The summed E-state index contributed by atoms with van der Waals surface area (Å²) in [5.74, 6) is -0.218. The van der Waals surface area contributed by atoms with Gasteiger partial charge in [0.1, 0.15) is 0 Å². The fraction of sp³-hybridized carbons (Fsp3) is 0.429. The van der Waals surface area contributed by atoms with Crippen LogP contribution in [0, 0.1) is 0 Å². The number of carbonyl (C=O) groups is 2. The van der Waals surface area contributed by atoms with E-state index in [9.17, 15) is 9.59 Å². The molecule has 1 aliphatic rings. The molecule has 0 saturated carbocycles. The number of piperazine rings is 1. The number of carbonyl (C=O) groups excluding carboxylic acids is 2. The van der Waals surface area contributed by atoms with Crippen molar-refractivity contribution in [2.45, 2.75) is 6.54 Å². The van der Waals surface area contributed by atoms with E-state index in [0.29, 0.717) is 32.7 Å². The van der Waals surface area contributed by atoms with Crippen molar-refractivity contribution in [3.63, 3.8) is 0 Å². The Morgan fingerprint density at radius 1 is 1.11 bits per heavy atom. The molecule has 102 valence electrons. The molecular weight excluding hydrogens is 242 g/mol. The van der Waals surface area contributed by atoms with Crippen molar-refractivity contribution >= 4 is 11.8 Å². The summed E-state index contributed by atoms with van der Waals surface area (Å²) in [7, 11) is 1.81. The molecule has 1 heterocycles. The molecule has 0 radical (unpaired) electrons. The van der Waals surface area contributed by atoms with E-state index in [4.69, 9.17) is 0 Å². The first-order valence-electron chi connectivity index (χ1n) is 6.45. The number of likely N-dealkylation sites (N-methyl/N-ethyl adjacent to an activating group) is 1. The summed E-state index contributed by atoms with van der Waals surface area (Å²) in [6, 6.07) is 9.88. The number of benzene rings is 1. The molecule has 0 atom stereocenters. The van der Waals surface area contributed by atoms with Gasteiger partial charge in [0.2, 0.25) is 11.8 Å². The monoisotopic (exact) mass is 261 g/mol. The van der Waals surface area contributed by atoms with Crippen molar-refractivity contribution in [3.05, 3.63) is 35.9 Å². The zero-order chi connectivity index (χ0) is 13.7. The number of imide groups is 1. The lowest BCUT2D eigenvalue weighted by Gasteiger charge is -2.32. The molecular formula is C14H19N3O2. The van der Waals surface area contributed by atoms with Crippen molar-refractivity contribution in [2.24, 2.45) is 0 Å². The van der Waals surface area contributed by atoms with Crippen LogP contribution in [0.3, 0.4) is 0 Å². The van der Waals surface area contributed by atoms with Crippen molar-refractivity contribution in [1.82, 2.24) is 15.1 Å². The van der Waals surface area contributed by atoms with Gasteiger partial charge in [0.15, 0.2) is 0 Å². The molecule has 1 fully saturated rings. The van der Waals surface area contributed by atoms with Gasteiger partial charge in [-0.05, 0) is 12.6 Å². The highest BCUT2D eigenvalue weighted by Gasteiger charge is 2.30. The average Bonchev–Trinajstić information content (AvgIpc) is 2.39. The molecule has 5 heteroatoms. The molecule has 2 amide bonds.